The zero-order chi connectivity index (χ0) is 9.97. The Morgan fingerprint density at radius 1 is 1.43 bits per heavy atom. The molecular formula is C12H17NO. The Morgan fingerprint density at radius 3 is 3.00 bits per heavy atom. The lowest BCUT2D eigenvalue weighted by atomic mass is 9.97. The highest BCUT2D eigenvalue weighted by molar-refractivity contribution is 5.32. The van der Waals surface area contributed by atoms with E-state index in [1.54, 1.807) is 7.11 Å². The second-order valence-corrected chi connectivity index (χ2v) is 3.82. The van der Waals surface area contributed by atoms with Crippen LogP contribution in [-0.4, -0.2) is 13.2 Å². The first-order valence-electron chi connectivity index (χ1n) is 5.24. The molecule has 14 heavy (non-hydrogen) atoms. The molecule has 2 rings (SSSR count). The number of ether oxygens (including phenoxy) is 1. The number of fused-ring (bicyclic) bond motifs is 1. The summed E-state index contributed by atoms with van der Waals surface area (Å²) in [5, 5.41) is 3.51. The van der Waals surface area contributed by atoms with Crippen molar-refractivity contribution in [1.29, 1.82) is 0 Å². The fourth-order valence-corrected chi connectivity index (χ4v) is 2.03. The average molecular weight is 191 g/mol. The molecule has 1 N–H and O–H groups in total. The van der Waals surface area contributed by atoms with Crippen molar-refractivity contribution in [2.24, 2.45) is 5.92 Å². The van der Waals surface area contributed by atoms with Gasteiger partial charge in [0.15, 0.2) is 0 Å². The lowest BCUT2D eigenvalue weighted by Gasteiger charge is -2.18. The van der Waals surface area contributed by atoms with Crippen molar-refractivity contribution in [2.45, 2.75) is 25.8 Å². The van der Waals surface area contributed by atoms with Crippen LogP contribution in [0.3, 0.4) is 0 Å². The maximum atomic E-state index is 5.21. The van der Waals surface area contributed by atoms with E-state index in [1.165, 1.54) is 12.1 Å². The zero-order valence-electron chi connectivity index (χ0n) is 8.79. The van der Waals surface area contributed by atoms with Crippen LogP contribution in [0.2, 0.25) is 0 Å². The van der Waals surface area contributed by atoms with Gasteiger partial charge in [0.2, 0.25) is 0 Å². The van der Waals surface area contributed by atoms with Gasteiger partial charge in [-0.15, -0.1) is 0 Å². The molecule has 76 valence electrons. The van der Waals surface area contributed by atoms with Crippen molar-refractivity contribution in [1.82, 2.24) is 5.32 Å². The van der Waals surface area contributed by atoms with Crippen LogP contribution in [-0.2, 0) is 4.74 Å². The summed E-state index contributed by atoms with van der Waals surface area (Å²) < 4.78 is 5.21. The molecule has 0 aromatic rings. The summed E-state index contributed by atoms with van der Waals surface area (Å²) in [5.41, 5.74) is 1.38. The van der Waals surface area contributed by atoms with E-state index in [2.05, 4.69) is 30.5 Å². The highest BCUT2D eigenvalue weighted by Gasteiger charge is 2.25. The highest BCUT2D eigenvalue weighted by atomic mass is 16.5. The topological polar surface area (TPSA) is 21.3 Å². The van der Waals surface area contributed by atoms with Gasteiger partial charge in [0.25, 0.3) is 0 Å². The van der Waals surface area contributed by atoms with Gasteiger partial charge in [-0.1, -0.05) is 25.5 Å². The van der Waals surface area contributed by atoms with Crippen LogP contribution in [0.1, 0.15) is 19.8 Å². The molecular weight excluding hydrogens is 174 g/mol. The smallest absolute Gasteiger partial charge is 0.115 e. The molecule has 2 atom stereocenters. The molecule has 0 bridgehead atoms. The monoisotopic (exact) mass is 191 g/mol. The molecule has 0 radical (unpaired) electrons. The predicted octanol–water partition coefficient (Wildman–Crippen LogP) is 2.36. The molecule has 1 aliphatic carbocycles. The normalized spacial score (nSPS) is 29.0. The number of methoxy groups -OCH3 is 1. The standard InChI is InChI=1S/C12H17NO/c1-3-4-10-7-9-8-11(14-2)5-6-12(9)13-10/h5-9,12-13H,3-4H2,1-2H3. The van der Waals surface area contributed by atoms with E-state index in [1.807, 2.05) is 6.08 Å². The Morgan fingerprint density at radius 2 is 2.29 bits per heavy atom. The van der Waals surface area contributed by atoms with Gasteiger partial charge in [-0.25, -0.2) is 0 Å². The van der Waals surface area contributed by atoms with Crippen LogP contribution in [0.4, 0.5) is 0 Å². The molecule has 1 aliphatic heterocycles. The second kappa shape index (κ2) is 3.91. The van der Waals surface area contributed by atoms with Gasteiger partial charge < -0.3 is 10.1 Å². The predicted molar refractivity (Wildman–Crippen MR) is 57.6 cm³/mol. The summed E-state index contributed by atoms with van der Waals surface area (Å²) in [6, 6.07) is 0.454. The molecule has 0 saturated carbocycles. The summed E-state index contributed by atoms with van der Waals surface area (Å²) in [4.78, 5) is 0. The zero-order valence-corrected chi connectivity index (χ0v) is 8.79. The third-order valence-corrected chi connectivity index (χ3v) is 2.74. The van der Waals surface area contributed by atoms with Crippen molar-refractivity contribution >= 4 is 0 Å². The number of nitrogens with one attached hydrogen (secondary N) is 1. The summed E-state index contributed by atoms with van der Waals surface area (Å²) >= 11 is 0. The van der Waals surface area contributed by atoms with Gasteiger partial charge in [0.05, 0.1) is 13.2 Å². The molecule has 0 fully saturated rings. The first-order valence-corrected chi connectivity index (χ1v) is 5.24. The van der Waals surface area contributed by atoms with Crippen LogP contribution >= 0.6 is 0 Å². The molecule has 0 amide bonds. The number of hydrogen-bond acceptors (Lipinski definition) is 2. The molecule has 0 spiro atoms. The van der Waals surface area contributed by atoms with Crippen molar-refractivity contribution in [3.8, 4) is 0 Å². The Kier molecular flexibility index (Phi) is 2.62. The van der Waals surface area contributed by atoms with Gasteiger partial charge >= 0.3 is 0 Å². The molecule has 0 aromatic heterocycles. The Hall–Kier alpha value is -1.18. The minimum atomic E-state index is 0.454. The third-order valence-electron chi connectivity index (χ3n) is 2.74. The Bertz CT molecular complexity index is 301. The van der Waals surface area contributed by atoms with Crippen molar-refractivity contribution < 1.29 is 4.74 Å². The van der Waals surface area contributed by atoms with E-state index in [9.17, 15) is 0 Å². The lowest BCUT2D eigenvalue weighted by molar-refractivity contribution is 0.300. The van der Waals surface area contributed by atoms with Gasteiger partial charge in [0, 0.05) is 11.6 Å². The maximum absolute atomic E-state index is 5.21. The summed E-state index contributed by atoms with van der Waals surface area (Å²) in [5.74, 6) is 1.46. The summed E-state index contributed by atoms with van der Waals surface area (Å²) in [7, 11) is 1.72. The number of rotatable bonds is 3. The van der Waals surface area contributed by atoms with Crippen molar-refractivity contribution in [3.63, 3.8) is 0 Å². The van der Waals surface area contributed by atoms with E-state index < -0.39 is 0 Å². The van der Waals surface area contributed by atoms with Crippen LogP contribution in [0.15, 0.2) is 35.8 Å². The summed E-state index contributed by atoms with van der Waals surface area (Å²) in [6.45, 7) is 2.21. The summed E-state index contributed by atoms with van der Waals surface area (Å²) in [6.07, 6.45) is 11.1. The number of hydrogen-bond donors (Lipinski definition) is 1. The SMILES string of the molecule is CCCC1=CC2C=C(OC)C=CC2N1. The molecule has 0 aromatic carbocycles. The molecule has 0 saturated heterocycles. The minimum absolute atomic E-state index is 0.454. The highest BCUT2D eigenvalue weighted by Crippen LogP contribution is 2.26. The lowest BCUT2D eigenvalue weighted by Crippen LogP contribution is -2.27. The second-order valence-electron chi connectivity index (χ2n) is 3.82. The van der Waals surface area contributed by atoms with E-state index in [4.69, 9.17) is 4.74 Å². The van der Waals surface area contributed by atoms with Gasteiger partial charge in [-0.2, -0.15) is 0 Å². The first-order chi connectivity index (χ1) is 6.83. The van der Waals surface area contributed by atoms with E-state index in [0.717, 1.165) is 12.2 Å². The van der Waals surface area contributed by atoms with E-state index >= 15 is 0 Å². The third kappa shape index (κ3) is 1.69. The van der Waals surface area contributed by atoms with Crippen molar-refractivity contribution in [2.75, 3.05) is 7.11 Å². The fourth-order valence-electron chi connectivity index (χ4n) is 2.03. The molecule has 2 heteroatoms. The van der Waals surface area contributed by atoms with Crippen LogP contribution in [0.5, 0.6) is 0 Å². The maximum Gasteiger partial charge on any atom is 0.115 e. The fraction of sp³-hybridized carbons (Fsp3) is 0.500. The average Bonchev–Trinajstić information content (AvgIpc) is 2.59. The van der Waals surface area contributed by atoms with Crippen molar-refractivity contribution in [3.05, 3.63) is 35.8 Å². The van der Waals surface area contributed by atoms with Crippen LogP contribution in [0.25, 0.3) is 0 Å². The van der Waals surface area contributed by atoms with Gasteiger partial charge in [0.1, 0.15) is 5.76 Å². The Labute approximate surface area is 85.3 Å². The van der Waals surface area contributed by atoms with E-state index in [-0.39, 0.29) is 0 Å². The molecule has 2 unspecified atom stereocenters. The first kappa shape index (κ1) is 9.38. The van der Waals surface area contributed by atoms with Crippen LogP contribution in [0, 0.1) is 5.92 Å². The van der Waals surface area contributed by atoms with Gasteiger partial charge in [-0.3, -0.25) is 0 Å². The molecule has 1 heterocycles. The van der Waals surface area contributed by atoms with E-state index in [0.29, 0.717) is 12.0 Å². The van der Waals surface area contributed by atoms with Gasteiger partial charge in [-0.05, 0) is 18.6 Å². The van der Waals surface area contributed by atoms with Crippen LogP contribution < -0.4 is 5.32 Å². The molecule has 2 aliphatic rings. The Balaban J connectivity index is 2.09. The number of allylic oxidation sites excluding steroid dienone is 2. The largest absolute Gasteiger partial charge is 0.497 e. The molecule has 2 nitrogen and oxygen atoms in total. The quantitative estimate of drug-likeness (QED) is 0.739. The minimum Gasteiger partial charge on any atom is -0.497 e.